The predicted molar refractivity (Wildman–Crippen MR) is 78.1 cm³/mol. The van der Waals surface area contributed by atoms with Crippen molar-refractivity contribution in [2.45, 2.75) is 52.1 Å². The molecule has 1 aromatic rings. The summed E-state index contributed by atoms with van der Waals surface area (Å²) in [7, 11) is 0. The second-order valence-electron chi connectivity index (χ2n) is 5.43. The largest absolute Gasteiger partial charge is 0.474 e. The molecule has 0 bridgehead atoms. The summed E-state index contributed by atoms with van der Waals surface area (Å²) in [6.07, 6.45) is 6.15. The molecule has 2 unspecified atom stereocenters. The Bertz CT molecular complexity index is 488. The Morgan fingerprint density at radius 2 is 2.20 bits per heavy atom. The molecule has 0 saturated heterocycles. The van der Waals surface area contributed by atoms with Crippen molar-refractivity contribution in [3.63, 3.8) is 0 Å². The maximum absolute atomic E-state index is 8.77. The monoisotopic (exact) mass is 277 g/mol. The lowest BCUT2D eigenvalue weighted by molar-refractivity contribution is 0.0857. The minimum atomic E-state index is 0.0797. The van der Waals surface area contributed by atoms with E-state index < -0.39 is 0 Å². The van der Waals surface area contributed by atoms with E-state index in [0.717, 1.165) is 18.5 Å². The lowest BCUT2D eigenvalue weighted by Gasteiger charge is -2.30. The first kappa shape index (κ1) is 14.6. The molecule has 0 amide bonds. The molecule has 1 saturated carbocycles. The fourth-order valence-electron chi connectivity index (χ4n) is 2.85. The van der Waals surface area contributed by atoms with Gasteiger partial charge in [-0.05, 0) is 44.6 Å². The fourth-order valence-corrected chi connectivity index (χ4v) is 2.85. The summed E-state index contributed by atoms with van der Waals surface area (Å²) in [4.78, 5) is 4.40. The quantitative estimate of drug-likeness (QED) is 0.384. The first-order valence-electron chi connectivity index (χ1n) is 7.27. The summed E-state index contributed by atoms with van der Waals surface area (Å²) >= 11 is 0. The van der Waals surface area contributed by atoms with Crippen molar-refractivity contribution >= 4 is 5.84 Å². The zero-order valence-corrected chi connectivity index (χ0v) is 12.2. The Kier molecular flexibility index (Phi) is 4.82. The number of ether oxygens (including phenoxy) is 1. The summed E-state index contributed by atoms with van der Waals surface area (Å²) in [5.41, 5.74) is 7.07. The average Bonchev–Trinajstić information content (AvgIpc) is 2.46. The third kappa shape index (κ3) is 3.40. The SMILES string of the molecule is CCC1CCCCC1Oc1cc(/C(N)=N/O)cc(C)n1. The third-order valence-electron chi connectivity index (χ3n) is 3.97. The molecule has 0 aliphatic heterocycles. The van der Waals surface area contributed by atoms with Crippen LogP contribution in [0.25, 0.3) is 0 Å². The lowest BCUT2D eigenvalue weighted by atomic mass is 9.85. The van der Waals surface area contributed by atoms with Crippen molar-refractivity contribution in [1.82, 2.24) is 4.98 Å². The molecule has 2 atom stereocenters. The minimum absolute atomic E-state index is 0.0797. The molecule has 2 rings (SSSR count). The average molecular weight is 277 g/mol. The van der Waals surface area contributed by atoms with Crippen LogP contribution in [0.4, 0.5) is 0 Å². The highest BCUT2D eigenvalue weighted by Crippen LogP contribution is 2.30. The van der Waals surface area contributed by atoms with Gasteiger partial charge in [0.1, 0.15) is 6.10 Å². The molecule has 20 heavy (non-hydrogen) atoms. The zero-order valence-electron chi connectivity index (χ0n) is 12.2. The summed E-state index contributed by atoms with van der Waals surface area (Å²) in [6, 6.07) is 3.52. The van der Waals surface area contributed by atoms with E-state index in [1.54, 1.807) is 12.1 Å². The number of hydrogen-bond donors (Lipinski definition) is 2. The number of amidine groups is 1. The maximum atomic E-state index is 8.77. The van der Waals surface area contributed by atoms with Gasteiger partial charge >= 0.3 is 0 Å². The van der Waals surface area contributed by atoms with Gasteiger partial charge in [0.25, 0.3) is 0 Å². The molecule has 0 spiro atoms. The first-order valence-corrected chi connectivity index (χ1v) is 7.27. The van der Waals surface area contributed by atoms with E-state index in [4.69, 9.17) is 15.7 Å². The Morgan fingerprint density at radius 1 is 1.45 bits per heavy atom. The van der Waals surface area contributed by atoms with Gasteiger partial charge in [-0.25, -0.2) is 4.98 Å². The van der Waals surface area contributed by atoms with Gasteiger partial charge in [0.2, 0.25) is 5.88 Å². The number of aryl methyl sites for hydroxylation is 1. The number of hydrogen-bond acceptors (Lipinski definition) is 4. The molecule has 5 nitrogen and oxygen atoms in total. The fraction of sp³-hybridized carbons (Fsp3) is 0.600. The number of aromatic nitrogens is 1. The van der Waals surface area contributed by atoms with Crippen molar-refractivity contribution < 1.29 is 9.94 Å². The minimum Gasteiger partial charge on any atom is -0.474 e. The van der Waals surface area contributed by atoms with Crippen molar-refractivity contribution in [3.8, 4) is 5.88 Å². The normalized spacial score (nSPS) is 23.6. The molecule has 1 aliphatic carbocycles. The topological polar surface area (TPSA) is 80.7 Å². The molecule has 1 heterocycles. The number of nitrogens with two attached hydrogens (primary N) is 1. The van der Waals surface area contributed by atoms with Crippen molar-refractivity contribution in [2.24, 2.45) is 16.8 Å². The first-order chi connectivity index (χ1) is 9.63. The van der Waals surface area contributed by atoms with Gasteiger partial charge in [0, 0.05) is 17.3 Å². The van der Waals surface area contributed by atoms with Gasteiger partial charge < -0.3 is 15.7 Å². The van der Waals surface area contributed by atoms with Crippen LogP contribution < -0.4 is 10.5 Å². The Labute approximate surface area is 119 Å². The van der Waals surface area contributed by atoms with Gasteiger partial charge in [0.05, 0.1) is 0 Å². The van der Waals surface area contributed by atoms with Crippen LogP contribution in [0.5, 0.6) is 5.88 Å². The van der Waals surface area contributed by atoms with Crippen molar-refractivity contribution in [1.29, 1.82) is 0 Å². The predicted octanol–water partition coefficient (Wildman–Crippen LogP) is 2.83. The summed E-state index contributed by atoms with van der Waals surface area (Å²) in [5, 5.41) is 11.8. The molecule has 3 N–H and O–H groups in total. The van der Waals surface area contributed by atoms with Crippen LogP contribution in [0, 0.1) is 12.8 Å². The van der Waals surface area contributed by atoms with Gasteiger partial charge in [-0.3, -0.25) is 0 Å². The van der Waals surface area contributed by atoms with Crippen LogP contribution in [0.1, 0.15) is 50.3 Å². The molecule has 0 radical (unpaired) electrons. The Hall–Kier alpha value is -1.78. The van der Waals surface area contributed by atoms with Crippen molar-refractivity contribution in [3.05, 3.63) is 23.4 Å². The van der Waals surface area contributed by atoms with Crippen LogP contribution in [0.15, 0.2) is 17.3 Å². The van der Waals surface area contributed by atoms with E-state index in [0.29, 0.717) is 17.4 Å². The van der Waals surface area contributed by atoms with Crippen LogP contribution in [0.2, 0.25) is 0 Å². The standard InChI is InChI=1S/C15H23N3O2/c1-3-11-6-4-5-7-13(11)20-14-9-12(15(16)18-19)8-10(2)17-14/h8-9,11,13,19H,3-7H2,1-2H3,(H2,16,18). The molecule has 110 valence electrons. The molecular weight excluding hydrogens is 254 g/mol. The van der Waals surface area contributed by atoms with Crippen LogP contribution in [-0.4, -0.2) is 22.1 Å². The van der Waals surface area contributed by atoms with E-state index in [1.807, 2.05) is 6.92 Å². The molecule has 0 aromatic carbocycles. The second kappa shape index (κ2) is 6.59. The Morgan fingerprint density at radius 3 is 2.90 bits per heavy atom. The van der Waals surface area contributed by atoms with E-state index >= 15 is 0 Å². The lowest BCUT2D eigenvalue weighted by Crippen LogP contribution is -2.30. The number of oxime groups is 1. The maximum Gasteiger partial charge on any atom is 0.214 e. The zero-order chi connectivity index (χ0) is 14.5. The Balaban J connectivity index is 2.18. The molecule has 1 fully saturated rings. The van der Waals surface area contributed by atoms with Crippen molar-refractivity contribution in [2.75, 3.05) is 0 Å². The second-order valence-corrected chi connectivity index (χ2v) is 5.43. The molecule has 5 heteroatoms. The molecule has 1 aromatic heterocycles. The number of nitrogens with zero attached hydrogens (tertiary/aromatic N) is 2. The third-order valence-corrected chi connectivity index (χ3v) is 3.97. The summed E-state index contributed by atoms with van der Waals surface area (Å²) in [6.45, 7) is 4.08. The molecular formula is C15H23N3O2. The van der Waals surface area contributed by atoms with Crippen LogP contribution in [-0.2, 0) is 0 Å². The van der Waals surface area contributed by atoms with E-state index in [2.05, 4.69) is 17.1 Å². The van der Waals surface area contributed by atoms with E-state index in [9.17, 15) is 0 Å². The summed E-state index contributed by atoms with van der Waals surface area (Å²) < 4.78 is 6.07. The van der Waals surface area contributed by atoms with Gasteiger partial charge in [-0.2, -0.15) is 0 Å². The summed E-state index contributed by atoms with van der Waals surface area (Å²) in [5.74, 6) is 1.24. The van der Waals surface area contributed by atoms with Crippen LogP contribution in [0.3, 0.4) is 0 Å². The molecule has 1 aliphatic rings. The van der Waals surface area contributed by atoms with E-state index in [1.165, 1.54) is 19.3 Å². The van der Waals surface area contributed by atoms with Gasteiger partial charge in [0.15, 0.2) is 5.84 Å². The highest BCUT2D eigenvalue weighted by molar-refractivity contribution is 5.97. The van der Waals surface area contributed by atoms with Gasteiger partial charge in [-0.15, -0.1) is 0 Å². The number of rotatable bonds is 4. The van der Waals surface area contributed by atoms with Crippen LogP contribution >= 0.6 is 0 Å². The van der Waals surface area contributed by atoms with Gasteiger partial charge in [-0.1, -0.05) is 18.5 Å². The number of pyridine rings is 1. The highest BCUT2D eigenvalue weighted by atomic mass is 16.5. The smallest absolute Gasteiger partial charge is 0.214 e. The highest BCUT2D eigenvalue weighted by Gasteiger charge is 2.25. The van der Waals surface area contributed by atoms with E-state index in [-0.39, 0.29) is 11.9 Å².